The van der Waals surface area contributed by atoms with Crippen LogP contribution in [0.3, 0.4) is 0 Å². The first-order valence-corrected chi connectivity index (χ1v) is 16.8. The molecule has 2 atom stereocenters. The lowest BCUT2D eigenvalue weighted by Crippen LogP contribution is -2.50. The van der Waals surface area contributed by atoms with Gasteiger partial charge in [-0.2, -0.15) is 0 Å². The molecule has 1 heterocycles. The van der Waals surface area contributed by atoms with Crippen molar-refractivity contribution < 1.29 is 24.1 Å². The van der Waals surface area contributed by atoms with E-state index in [0.29, 0.717) is 30.4 Å². The third-order valence-electron chi connectivity index (χ3n) is 8.95. The first kappa shape index (κ1) is 31.7. The van der Waals surface area contributed by atoms with E-state index in [2.05, 4.69) is 45.5 Å². The van der Waals surface area contributed by atoms with Crippen LogP contribution in [0.4, 0.5) is 0 Å². The summed E-state index contributed by atoms with van der Waals surface area (Å²) in [7, 11) is 1.62. The Hall–Kier alpha value is -4.92. The lowest BCUT2D eigenvalue weighted by atomic mass is 9.81. The average Bonchev–Trinajstić information content (AvgIpc) is 3.67. The van der Waals surface area contributed by atoms with Crippen LogP contribution in [-0.4, -0.2) is 42.8 Å². The predicted octanol–water partition coefficient (Wildman–Crippen LogP) is 7.60. The Bertz CT molecular complexity index is 1930. The number of ether oxygens (including phenoxy) is 3. The normalized spacial score (nSPS) is 18.0. The molecule has 1 amide bonds. The highest BCUT2D eigenvalue weighted by Crippen LogP contribution is 2.47. The van der Waals surface area contributed by atoms with E-state index in [4.69, 9.17) is 24.3 Å². The lowest BCUT2D eigenvalue weighted by molar-refractivity contribution is -0.129. The largest absolute Gasteiger partial charge is 0.497 e. The maximum Gasteiger partial charge on any atom is 0.253 e. The second kappa shape index (κ2) is 13.7. The number of rotatable bonds is 11. The van der Waals surface area contributed by atoms with Crippen LogP contribution in [0.2, 0.25) is 0 Å². The standard InChI is InChI=1S/C40H35BrN2O5/c1-46-30-12-8-11-27(24-30)37-40(25-28-10-2-7-17-35(28)41,43-38(48-37)26-18-20-29(21-19-26)47-23-9-22-44)39(45)42-36-33-15-5-3-13-31(33)32-14-4-6-16-34(32)36/h2-8,10-21,24,36-37,44H,9,22-23,25H2,1H3,(H,42,45)/t37-,40-/m1/s1. The molecule has 7 rings (SSSR count). The zero-order chi connectivity index (χ0) is 33.1. The first-order valence-electron chi connectivity index (χ1n) is 16.0. The second-order valence-corrected chi connectivity index (χ2v) is 12.8. The summed E-state index contributed by atoms with van der Waals surface area (Å²) in [5.41, 5.74) is 5.32. The summed E-state index contributed by atoms with van der Waals surface area (Å²) in [6, 6.07) is 39.0. The molecule has 5 aromatic carbocycles. The van der Waals surface area contributed by atoms with E-state index in [1.165, 1.54) is 0 Å². The van der Waals surface area contributed by atoms with Gasteiger partial charge in [-0.05, 0) is 75.8 Å². The highest BCUT2D eigenvalue weighted by molar-refractivity contribution is 9.10. The molecule has 2 N–H and O–H groups in total. The fourth-order valence-corrected chi connectivity index (χ4v) is 7.01. The quantitative estimate of drug-likeness (QED) is 0.138. The van der Waals surface area contributed by atoms with E-state index >= 15 is 4.79 Å². The van der Waals surface area contributed by atoms with Crippen molar-refractivity contribution in [1.82, 2.24) is 5.32 Å². The topological polar surface area (TPSA) is 89.4 Å². The summed E-state index contributed by atoms with van der Waals surface area (Å²) in [6.45, 7) is 0.474. The second-order valence-electron chi connectivity index (χ2n) is 11.9. The Morgan fingerprint density at radius 2 is 1.56 bits per heavy atom. The van der Waals surface area contributed by atoms with Crippen molar-refractivity contribution in [3.8, 4) is 22.6 Å². The van der Waals surface area contributed by atoms with E-state index in [-0.39, 0.29) is 25.0 Å². The zero-order valence-electron chi connectivity index (χ0n) is 26.4. The molecule has 0 bridgehead atoms. The lowest BCUT2D eigenvalue weighted by Gasteiger charge is -2.32. The molecule has 48 heavy (non-hydrogen) atoms. The van der Waals surface area contributed by atoms with Crippen molar-refractivity contribution in [2.75, 3.05) is 20.3 Å². The van der Waals surface area contributed by atoms with Gasteiger partial charge in [0.1, 0.15) is 11.5 Å². The summed E-state index contributed by atoms with van der Waals surface area (Å²) in [5.74, 6) is 1.44. The predicted molar refractivity (Wildman–Crippen MR) is 189 cm³/mol. The van der Waals surface area contributed by atoms with Gasteiger partial charge in [0.2, 0.25) is 5.90 Å². The molecule has 0 saturated carbocycles. The third-order valence-corrected chi connectivity index (χ3v) is 9.73. The van der Waals surface area contributed by atoms with Crippen molar-refractivity contribution in [2.24, 2.45) is 4.99 Å². The Morgan fingerprint density at radius 3 is 2.25 bits per heavy atom. The van der Waals surface area contributed by atoms with Crippen molar-refractivity contribution in [3.63, 3.8) is 0 Å². The summed E-state index contributed by atoms with van der Waals surface area (Å²) in [6.07, 6.45) is 0.0361. The Labute approximate surface area is 288 Å². The summed E-state index contributed by atoms with van der Waals surface area (Å²) in [5, 5.41) is 12.6. The van der Waals surface area contributed by atoms with Crippen LogP contribution in [0.15, 0.2) is 131 Å². The Morgan fingerprint density at radius 1 is 0.875 bits per heavy atom. The number of nitrogens with one attached hydrogen (secondary N) is 1. The van der Waals surface area contributed by atoms with Gasteiger partial charge in [-0.15, -0.1) is 0 Å². The summed E-state index contributed by atoms with van der Waals surface area (Å²) < 4.78 is 19.0. The SMILES string of the molecule is COc1cccc([C@H]2OC(c3ccc(OCCCO)cc3)=N[C@@]2(Cc2ccccc2Br)C(=O)NC2c3ccccc3-c3ccccc32)c1. The van der Waals surface area contributed by atoms with E-state index in [9.17, 15) is 0 Å². The van der Waals surface area contributed by atoms with Gasteiger partial charge >= 0.3 is 0 Å². The smallest absolute Gasteiger partial charge is 0.253 e. The molecular formula is C40H35BrN2O5. The molecule has 7 nitrogen and oxygen atoms in total. The maximum atomic E-state index is 15.2. The highest BCUT2D eigenvalue weighted by atomic mass is 79.9. The number of aliphatic imine (C=N–C) groups is 1. The number of carbonyl (C=O) groups excluding carboxylic acids is 1. The monoisotopic (exact) mass is 702 g/mol. The Kier molecular flexibility index (Phi) is 9.02. The van der Waals surface area contributed by atoms with Gasteiger partial charge in [0, 0.05) is 29.5 Å². The molecule has 0 radical (unpaired) electrons. The van der Waals surface area contributed by atoms with Crippen LogP contribution >= 0.6 is 15.9 Å². The molecule has 1 aliphatic heterocycles. The fourth-order valence-electron chi connectivity index (χ4n) is 6.59. The van der Waals surface area contributed by atoms with Gasteiger partial charge in [0.05, 0.1) is 19.8 Å². The van der Waals surface area contributed by atoms with Crippen molar-refractivity contribution in [3.05, 3.63) is 154 Å². The van der Waals surface area contributed by atoms with E-state index < -0.39 is 11.6 Å². The van der Waals surface area contributed by atoms with E-state index in [1.54, 1.807) is 7.11 Å². The van der Waals surface area contributed by atoms with Crippen LogP contribution < -0.4 is 14.8 Å². The first-order chi connectivity index (χ1) is 23.5. The zero-order valence-corrected chi connectivity index (χ0v) is 28.0. The molecule has 0 aromatic heterocycles. The molecule has 5 aromatic rings. The number of methoxy groups -OCH3 is 1. The number of hydrogen-bond acceptors (Lipinski definition) is 6. The minimum Gasteiger partial charge on any atom is -0.497 e. The number of carbonyl (C=O) groups is 1. The van der Waals surface area contributed by atoms with Crippen LogP contribution in [0.1, 0.15) is 46.4 Å². The number of benzene rings is 5. The van der Waals surface area contributed by atoms with Crippen LogP contribution in [-0.2, 0) is 16.0 Å². The summed E-state index contributed by atoms with van der Waals surface area (Å²) in [4.78, 5) is 20.4. The number of hydrogen-bond donors (Lipinski definition) is 2. The van der Waals surface area contributed by atoms with Gasteiger partial charge in [-0.1, -0.05) is 94.8 Å². The van der Waals surface area contributed by atoms with Crippen molar-refractivity contribution in [1.29, 1.82) is 0 Å². The number of aliphatic hydroxyl groups is 1. The molecule has 0 fully saturated rings. The van der Waals surface area contributed by atoms with E-state index in [1.807, 2.05) is 97.1 Å². The van der Waals surface area contributed by atoms with Gasteiger partial charge in [0.25, 0.3) is 5.91 Å². The molecular weight excluding hydrogens is 668 g/mol. The Balaban J connectivity index is 1.35. The average molecular weight is 704 g/mol. The van der Waals surface area contributed by atoms with Gasteiger partial charge in [-0.25, -0.2) is 4.99 Å². The molecule has 1 aliphatic carbocycles. The number of amides is 1. The van der Waals surface area contributed by atoms with Crippen LogP contribution in [0, 0.1) is 0 Å². The molecule has 8 heteroatoms. The van der Waals surface area contributed by atoms with E-state index in [0.717, 1.165) is 43.4 Å². The minimum atomic E-state index is -1.39. The maximum absolute atomic E-state index is 15.2. The van der Waals surface area contributed by atoms with Gasteiger partial charge in [-0.3, -0.25) is 4.79 Å². The highest BCUT2D eigenvalue weighted by Gasteiger charge is 2.54. The van der Waals surface area contributed by atoms with Crippen molar-refractivity contribution in [2.45, 2.75) is 30.5 Å². The molecule has 2 aliphatic rings. The van der Waals surface area contributed by atoms with Crippen LogP contribution in [0.25, 0.3) is 11.1 Å². The molecule has 0 unspecified atom stereocenters. The minimum absolute atomic E-state index is 0.0636. The fraction of sp³-hybridized carbons (Fsp3) is 0.200. The third kappa shape index (κ3) is 5.98. The summed E-state index contributed by atoms with van der Waals surface area (Å²) >= 11 is 3.73. The molecule has 0 saturated heterocycles. The van der Waals surface area contributed by atoms with Gasteiger partial charge < -0.3 is 24.6 Å². The van der Waals surface area contributed by atoms with Crippen molar-refractivity contribution >= 4 is 27.7 Å². The number of aliphatic hydroxyl groups excluding tert-OH is 1. The number of nitrogens with zero attached hydrogens (tertiary/aromatic N) is 1. The number of halogens is 1. The van der Waals surface area contributed by atoms with Crippen LogP contribution in [0.5, 0.6) is 11.5 Å². The molecule has 242 valence electrons. The van der Waals surface area contributed by atoms with Gasteiger partial charge in [0.15, 0.2) is 11.6 Å². The molecule has 0 spiro atoms. The number of fused-ring (bicyclic) bond motifs is 3.